The lowest BCUT2D eigenvalue weighted by Gasteiger charge is -2.71. The SMILES string of the molecule is Cc1cc(OCC(=O)CC23CC(NC(=O)c4cnc5sccc5c4)(C2)C3)ccc1Cl.Cc1cc(OCC(=O)CC23CC(Nc4ccnc(N5CCOCC5)n4)(C2)C3)ccc1Cl.Cc1cc(OCC(=O)CC23CC(Nc4cnc(C#N)cn4)(C2)C3)ccc1Cl.Cc1cc(OCC(=O)CC23CC(Nc4nccn5nccc45)(C2)C3)ccc1Cl. The molecule has 10 aromatic rings. The largest absolute Gasteiger partial charge is 0.486 e. The van der Waals surface area contributed by atoms with Crippen LogP contribution in [0.15, 0.2) is 146 Å². The number of amides is 1. The van der Waals surface area contributed by atoms with Crippen molar-refractivity contribution in [3.05, 3.63) is 199 Å². The number of hydrogen-bond acceptors (Lipinski definition) is 23. The molecule has 4 N–H and O–H groups in total. The van der Waals surface area contributed by atoms with E-state index < -0.39 is 0 Å². The van der Waals surface area contributed by atoms with Crippen molar-refractivity contribution in [3.8, 4) is 29.1 Å². The molecular formula is C87H88Cl4N14O10S. The summed E-state index contributed by atoms with van der Waals surface area (Å²) < 4.78 is 29.8. The molecule has 12 aliphatic carbocycles. The zero-order valence-corrected chi connectivity index (χ0v) is 68.6. The smallest absolute Gasteiger partial charge is 0.253 e. The van der Waals surface area contributed by atoms with Crippen LogP contribution < -0.4 is 45.1 Å². The Morgan fingerprint density at radius 1 is 0.500 bits per heavy atom. The standard InChI is InChI=1S/C23H27ClN4O3.C23H21ClN2O3S.C21H21ClN4O2.C20H19ClN4O2/c1-16-10-18(2-3-19(16)24)31-12-17(29)11-22-13-23(14-22,15-22)27-20-4-5-25-21(26-20)28-6-8-30-9-7-28;1-14-6-18(2-3-19(14)24)29-10-17(27)8-22-11-23(12-22,13-22)26-20(28)16-7-15-4-5-30-21(15)25-9-16;1-14-8-16(2-3-17(14)22)28-10-15(27)9-20-11-21(12-20,13-20)25-19-18-4-5-24-26(18)7-6-23-19;1-13-4-16(2-3-17(13)21)27-9-15(26)5-19-10-20(11-19,12-19)25-18-8-23-14(6-22)7-24-18/h2-5,10H,6-9,11-15H2,1H3,(H,25,26,27);2-7,9H,8,10-13H2,1H3,(H,26,28);2-8H,9-13H2,1H3,(H,23,25);2-4,7-8H,5,9-12H2,1H3,(H,24,25). The number of pyridine rings is 1. The van der Waals surface area contributed by atoms with Gasteiger partial charge in [0, 0.05) is 111 Å². The number of carbonyl (C=O) groups excluding carboxylic acids is 5. The Bertz CT molecular complexity index is 5440. The summed E-state index contributed by atoms with van der Waals surface area (Å²) in [4.78, 5) is 91.5. The van der Waals surface area contributed by atoms with Gasteiger partial charge in [-0.2, -0.15) is 15.3 Å². The molecule has 6 aromatic heterocycles. The highest BCUT2D eigenvalue weighted by atomic mass is 35.5. The molecule has 0 spiro atoms. The second kappa shape index (κ2) is 32.1. The maximum Gasteiger partial charge on any atom is 0.253 e. The fourth-order valence-electron chi connectivity index (χ4n) is 19.5. The molecule has 23 rings (SSSR count). The second-order valence-corrected chi connectivity index (χ2v) is 36.5. The number of anilines is 4. The molecule has 4 aromatic carbocycles. The number of aromatic nitrogens is 8. The van der Waals surface area contributed by atoms with Gasteiger partial charge in [0.15, 0.2) is 34.6 Å². The first kappa shape index (κ1) is 79.8. The third-order valence-electron chi connectivity index (χ3n) is 24.1. The highest BCUT2D eigenvalue weighted by Crippen LogP contribution is 2.72. The number of nitrogens with zero attached hydrogens (tertiary/aromatic N) is 10. The van der Waals surface area contributed by atoms with Gasteiger partial charge in [-0.25, -0.2) is 29.4 Å². The van der Waals surface area contributed by atoms with E-state index in [9.17, 15) is 24.0 Å². The average molecular weight is 1660 g/mol. The number of ether oxygens (including phenoxy) is 5. The summed E-state index contributed by atoms with van der Waals surface area (Å²) in [6, 6.07) is 31.4. The Hall–Kier alpha value is -10.1. The molecular weight excluding hydrogens is 1570 g/mol. The lowest BCUT2D eigenvalue weighted by Crippen LogP contribution is -2.75. The van der Waals surface area contributed by atoms with E-state index in [1.165, 1.54) is 6.20 Å². The second-order valence-electron chi connectivity index (χ2n) is 33.9. The van der Waals surface area contributed by atoms with E-state index in [4.69, 9.17) is 80.3 Å². The van der Waals surface area contributed by atoms with Crippen LogP contribution in [0.3, 0.4) is 0 Å². The molecule has 1 amide bonds. The van der Waals surface area contributed by atoms with Gasteiger partial charge in [-0.3, -0.25) is 24.0 Å². The number of hydrogen-bond donors (Lipinski definition) is 4. The van der Waals surface area contributed by atoms with E-state index in [1.807, 2.05) is 98.4 Å². The molecule has 116 heavy (non-hydrogen) atoms. The van der Waals surface area contributed by atoms with Crippen molar-refractivity contribution in [1.82, 2.24) is 44.8 Å². The van der Waals surface area contributed by atoms with Gasteiger partial charge in [0.2, 0.25) is 5.95 Å². The van der Waals surface area contributed by atoms with Crippen molar-refractivity contribution in [2.45, 2.75) is 153 Å². The van der Waals surface area contributed by atoms with Crippen molar-refractivity contribution >= 4 is 126 Å². The van der Waals surface area contributed by atoms with E-state index in [0.29, 0.717) is 99.1 Å². The molecule has 13 fully saturated rings. The number of morpholine rings is 1. The number of carbonyl (C=O) groups is 5. The van der Waals surface area contributed by atoms with Crippen molar-refractivity contribution in [2.24, 2.45) is 21.7 Å². The predicted octanol–water partition coefficient (Wildman–Crippen LogP) is 16.3. The van der Waals surface area contributed by atoms with Crippen LogP contribution in [0.1, 0.15) is 141 Å². The molecule has 13 aliphatic rings. The summed E-state index contributed by atoms with van der Waals surface area (Å²) in [5, 5.41) is 32.5. The molecule has 24 nitrogen and oxygen atoms in total. The number of aryl methyl sites for hydroxylation is 4. The normalized spacial score (nSPS) is 25.2. The monoisotopic (exact) mass is 1660 g/mol. The van der Waals surface area contributed by atoms with Crippen LogP contribution in [0.2, 0.25) is 20.1 Å². The number of rotatable bonds is 29. The Balaban J connectivity index is 0.000000116. The van der Waals surface area contributed by atoms with E-state index in [0.717, 1.165) is 146 Å². The van der Waals surface area contributed by atoms with Gasteiger partial charge >= 0.3 is 0 Å². The van der Waals surface area contributed by atoms with Crippen molar-refractivity contribution in [1.29, 1.82) is 5.26 Å². The molecule has 0 atom stereocenters. The molecule has 1 saturated heterocycles. The van der Waals surface area contributed by atoms with Crippen LogP contribution in [0.5, 0.6) is 23.0 Å². The fourth-order valence-corrected chi connectivity index (χ4v) is 20.7. The van der Waals surface area contributed by atoms with Gasteiger partial charge in [-0.1, -0.05) is 46.4 Å². The number of Topliss-reactive ketones (excluding diaryl/α,β-unsaturated/α-hetero) is 4. The lowest BCUT2D eigenvalue weighted by molar-refractivity contribution is -0.162. The minimum Gasteiger partial charge on any atom is -0.486 e. The number of nitriles is 1. The van der Waals surface area contributed by atoms with Gasteiger partial charge < -0.3 is 49.9 Å². The highest BCUT2D eigenvalue weighted by Gasteiger charge is 2.71. The zero-order chi connectivity index (χ0) is 80.8. The first-order chi connectivity index (χ1) is 55.7. The number of ketones is 4. The Kier molecular flexibility index (Phi) is 22.1. The number of benzene rings is 4. The van der Waals surface area contributed by atoms with Crippen LogP contribution in [-0.4, -0.2) is 143 Å². The molecule has 1 aliphatic heterocycles. The molecule has 0 unspecified atom stereocenters. The predicted molar refractivity (Wildman–Crippen MR) is 444 cm³/mol. The Morgan fingerprint density at radius 2 is 0.957 bits per heavy atom. The molecule has 29 heteroatoms. The topological polar surface area (TPSA) is 301 Å². The highest BCUT2D eigenvalue weighted by molar-refractivity contribution is 7.16. The van der Waals surface area contributed by atoms with Gasteiger partial charge in [0.25, 0.3) is 5.91 Å². The molecule has 0 radical (unpaired) electrons. The lowest BCUT2D eigenvalue weighted by atomic mass is 9.38. The number of fused-ring (bicyclic) bond motifs is 2. The number of halogens is 4. The van der Waals surface area contributed by atoms with Gasteiger partial charge in [-0.05, 0) is 251 Å². The third-order valence-corrected chi connectivity index (χ3v) is 26.6. The quantitative estimate of drug-likeness (QED) is 0.0338. The number of nitrogens with one attached hydrogen (secondary N) is 4. The van der Waals surface area contributed by atoms with Crippen molar-refractivity contribution in [2.75, 3.05) is 73.6 Å². The molecule has 7 heterocycles. The van der Waals surface area contributed by atoms with Crippen LogP contribution >= 0.6 is 57.7 Å². The minimum atomic E-state index is -0.158. The zero-order valence-electron chi connectivity index (χ0n) is 64.8. The Labute approximate surface area is 695 Å². The van der Waals surface area contributed by atoms with Crippen LogP contribution in [0.4, 0.5) is 23.4 Å². The summed E-state index contributed by atoms with van der Waals surface area (Å²) in [6.45, 7) is 11.1. The summed E-state index contributed by atoms with van der Waals surface area (Å²) in [5.41, 5.74) is 6.02. The van der Waals surface area contributed by atoms with Gasteiger partial charge in [0.05, 0.1) is 37.4 Å². The van der Waals surface area contributed by atoms with Gasteiger partial charge in [-0.15, -0.1) is 11.3 Å². The first-order valence-corrected chi connectivity index (χ1v) is 41.4. The molecule has 8 bridgehead atoms. The van der Waals surface area contributed by atoms with Crippen LogP contribution in [0, 0.1) is 60.7 Å². The van der Waals surface area contributed by atoms with E-state index in [1.54, 1.807) is 90.9 Å². The fraction of sp³-hybridized carbons (Fsp3) is 0.414. The Morgan fingerprint density at radius 3 is 1.41 bits per heavy atom. The summed E-state index contributed by atoms with van der Waals surface area (Å²) in [5.74, 6) is 6.27. The minimum absolute atomic E-state index is 0.0251. The maximum absolute atomic E-state index is 12.6. The third kappa shape index (κ3) is 17.5. The van der Waals surface area contributed by atoms with Crippen LogP contribution in [-0.2, 0) is 23.9 Å². The van der Waals surface area contributed by atoms with Crippen molar-refractivity contribution < 1.29 is 47.7 Å². The number of thiophene rings is 1. The summed E-state index contributed by atoms with van der Waals surface area (Å²) in [7, 11) is 0. The van der Waals surface area contributed by atoms with E-state index in [-0.39, 0.29) is 99.3 Å². The van der Waals surface area contributed by atoms with Crippen molar-refractivity contribution in [3.63, 3.8) is 0 Å². The maximum atomic E-state index is 12.6. The van der Waals surface area contributed by atoms with E-state index in [2.05, 4.69) is 56.2 Å². The summed E-state index contributed by atoms with van der Waals surface area (Å²) >= 11 is 25.6. The summed E-state index contributed by atoms with van der Waals surface area (Å²) in [6.07, 6.45) is 25.5. The van der Waals surface area contributed by atoms with E-state index >= 15 is 0 Å². The van der Waals surface area contributed by atoms with Crippen LogP contribution in [0.25, 0.3) is 15.7 Å². The molecule has 600 valence electrons. The first-order valence-electron chi connectivity index (χ1n) is 39.0. The van der Waals surface area contributed by atoms with Gasteiger partial charge in [0.1, 0.15) is 77.5 Å². The average Bonchev–Trinajstić information content (AvgIpc) is 0.769. The molecule has 12 saturated carbocycles.